The van der Waals surface area contributed by atoms with Crippen molar-refractivity contribution in [2.45, 2.75) is 13.3 Å². The zero-order valence-electron chi connectivity index (χ0n) is 11.9. The summed E-state index contributed by atoms with van der Waals surface area (Å²) in [7, 11) is 4.11. The van der Waals surface area contributed by atoms with Crippen molar-refractivity contribution in [2.75, 3.05) is 30.9 Å². The van der Waals surface area contributed by atoms with Gasteiger partial charge in [0.05, 0.1) is 0 Å². The van der Waals surface area contributed by atoms with E-state index in [2.05, 4.69) is 53.6 Å². The molecule has 0 aliphatic heterocycles. The number of nitrogens with one attached hydrogen (secondary N) is 1. The lowest BCUT2D eigenvalue weighted by atomic mass is 10.1. The minimum Gasteiger partial charge on any atom is -0.378 e. The Morgan fingerprint density at radius 1 is 1.05 bits per heavy atom. The molecule has 0 unspecified atom stereocenters. The third-order valence-corrected chi connectivity index (χ3v) is 3.06. The topological polar surface area (TPSA) is 28.2 Å². The molecule has 0 aliphatic carbocycles. The molecule has 1 aromatic carbocycles. The van der Waals surface area contributed by atoms with E-state index in [9.17, 15) is 0 Å². The van der Waals surface area contributed by atoms with E-state index < -0.39 is 0 Å². The molecule has 0 amide bonds. The van der Waals surface area contributed by atoms with Crippen LogP contribution < -0.4 is 10.2 Å². The van der Waals surface area contributed by atoms with E-state index >= 15 is 0 Å². The van der Waals surface area contributed by atoms with E-state index in [-0.39, 0.29) is 0 Å². The first-order valence-electron chi connectivity index (χ1n) is 6.59. The maximum absolute atomic E-state index is 4.42. The highest BCUT2D eigenvalue weighted by Crippen LogP contribution is 2.12. The number of pyridine rings is 1. The molecule has 0 saturated heterocycles. The second-order valence-electron chi connectivity index (χ2n) is 4.90. The smallest absolute Gasteiger partial charge is 0.126 e. The molecule has 3 nitrogen and oxygen atoms in total. The number of rotatable bonds is 5. The lowest BCUT2D eigenvalue weighted by molar-refractivity contribution is 0.999. The maximum Gasteiger partial charge on any atom is 0.126 e. The van der Waals surface area contributed by atoms with Gasteiger partial charge in [-0.1, -0.05) is 18.2 Å². The highest BCUT2D eigenvalue weighted by Gasteiger charge is 1.97. The summed E-state index contributed by atoms with van der Waals surface area (Å²) in [5.41, 5.74) is 3.61. The predicted octanol–water partition coefficient (Wildman–Crippen LogP) is 3.11. The van der Waals surface area contributed by atoms with E-state index in [1.165, 1.54) is 11.3 Å². The zero-order chi connectivity index (χ0) is 13.7. The van der Waals surface area contributed by atoms with Gasteiger partial charge in [0.2, 0.25) is 0 Å². The molecule has 1 N–H and O–H groups in total. The van der Waals surface area contributed by atoms with Gasteiger partial charge in [0.15, 0.2) is 0 Å². The molecule has 2 aromatic rings. The van der Waals surface area contributed by atoms with Gasteiger partial charge in [-0.15, -0.1) is 0 Å². The largest absolute Gasteiger partial charge is 0.378 e. The van der Waals surface area contributed by atoms with Crippen molar-refractivity contribution in [3.63, 3.8) is 0 Å². The molecule has 0 saturated carbocycles. The monoisotopic (exact) mass is 255 g/mol. The minimum atomic E-state index is 0.901. The highest BCUT2D eigenvalue weighted by molar-refractivity contribution is 5.46. The number of hydrogen-bond donors (Lipinski definition) is 1. The van der Waals surface area contributed by atoms with Crippen LogP contribution in [0.4, 0.5) is 11.5 Å². The van der Waals surface area contributed by atoms with Gasteiger partial charge in [-0.2, -0.15) is 0 Å². The number of anilines is 2. The Balaban J connectivity index is 1.85. The summed E-state index contributed by atoms with van der Waals surface area (Å²) in [6.45, 7) is 2.91. The van der Waals surface area contributed by atoms with Gasteiger partial charge in [0.1, 0.15) is 5.82 Å². The van der Waals surface area contributed by atoms with Crippen LogP contribution in [0.5, 0.6) is 0 Å². The van der Waals surface area contributed by atoms with Crippen LogP contribution >= 0.6 is 0 Å². The van der Waals surface area contributed by atoms with E-state index in [1.807, 2.05) is 25.1 Å². The summed E-state index contributed by atoms with van der Waals surface area (Å²) in [6, 6.07) is 14.7. The van der Waals surface area contributed by atoms with Gasteiger partial charge in [-0.05, 0) is 43.2 Å². The summed E-state index contributed by atoms with van der Waals surface area (Å²) in [6.07, 6.45) is 1.00. The van der Waals surface area contributed by atoms with E-state index in [0.29, 0.717) is 0 Å². The van der Waals surface area contributed by atoms with Gasteiger partial charge < -0.3 is 10.2 Å². The van der Waals surface area contributed by atoms with Crippen LogP contribution in [0.25, 0.3) is 0 Å². The Kier molecular flexibility index (Phi) is 4.39. The number of aromatic nitrogens is 1. The molecule has 0 fully saturated rings. The van der Waals surface area contributed by atoms with E-state index in [0.717, 1.165) is 24.5 Å². The first-order valence-corrected chi connectivity index (χ1v) is 6.59. The quantitative estimate of drug-likeness (QED) is 0.889. The molecule has 19 heavy (non-hydrogen) atoms. The Hall–Kier alpha value is -2.03. The number of benzene rings is 1. The average Bonchev–Trinajstić information content (AvgIpc) is 2.39. The molecule has 100 valence electrons. The van der Waals surface area contributed by atoms with Crippen molar-refractivity contribution in [3.8, 4) is 0 Å². The number of aryl methyl sites for hydroxylation is 1. The van der Waals surface area contributed by atoms with Crippen molar-refractivity contribution < 1.29 is 0 Å². The second-order valence-corrected chi connectivity index (χ2v) is 4.90. The average molecular weight is 255 g/mol. The lowest BCUT2D eigenvalue weighted by Gasteiger charge is -2.12. The molecular formula is C16H21N3. The molecule has 0 spiro atoms. The summed E-state index contributed by atoms with van der Waals surface area (Å²) in [5.74, 6) is 0.949. The van der Waals surface area contributed by atoms with Gasteiger partial charge >= 0.3 is 0 Å². The Labute approximate surface area is 115 Å². The molecule has 2 rings (SSSR count). The fourth-order valence-electron chi connectivity index (χ4n) is 1.94. The van der Waals surface area contributed by atoms with Crippen molar-refractivity contribution in [1.29, 1.82) is 0 Å². The molecule has 0 atom stereocenters. The zero-order valence-corrected chi connectivity index (χ0v) is 11.9. The van der Waals surface area contributed by atoms with Crippen molar-refractivity contribution in [2.24, 2.45) is 0 Å². The van der Waals surface area contributed by atoms with Crippen molar-refractivity contribution in [3.05, 3.63) is 53.7 Å². The Morgan fingerprint density at radius 2 is 1.79 bits per heavy atom. The lowest BCUT2D eigenvalue weighted by Crippen LogP contribution is -2.09. The summed E-state index contributed by atoms with van der Waals surface area (Å²) >= 11 is 0. The Morgan fingerprint density at radius 3 is 2.42 bits per heavy atom. The SMILES string of the molecule is Cc1cccc(NCCc2ccc(N(C)C)cc2)n1. The van der Waals surface area contributed by atoms with Crippen LogP contribution in [0.2, 0.25) is 0 Å². The predicted molar refractivity (Wildman–Crippen MR) is 81.9 cm³/mol. The van der Waals surface area contributed by atoms with Gasteiger partial charge in [-0.25, -0.2) is 4.98 Å². The molecular weight excluding hydrogens is 234 g/mol. The molecule has 1 heterocycles. The molecule has 0 bridgehead atoms. The summed E-state index contributed by atoms with van der Waals surface area (Å²) in [5, 5.41) is 3.35. The molecule has 1 aromatic heterocycles. The summed E-state index contributed by atoms with van der Waals surface area (Å²) in [4.78, 5) is 6.53. The van der Waals surface area contributed by atoms with E-state index in [4.69, 9.17) is 0 Å². The summed E-state index contributed by atoms with van der Waals surface area (Å²) < 4.78 is 0. The third kappa shape index (κ3) is 3.98. The van der Waals surface area contributed by atoms with Crippen molar-refractivity contribution >= 4 is 11.5 Å². The fraction of sp³-hybridized carbons (Fsp3) is 0.312. The number of nitrogens with zero attached hydrogens (tertiary/aromatic N) is 2. The van der Waals surface area contributed by atoms with Crippen LogP contribution in [-0.2, 0) is 6.42 Å². The van der Waals surface area contributed by atoms with Gasteiger partial charge in [0, 0.05) is 32.0 Å². The van der Waals surface area contributed by atoms with Crippen LogP contribution in [0.1, 0.15) is 11.3 Å². The Bertz CT molecular complexity index is 518. The van der Waals surface area contributed by atoms with Crippen LogP contribution in [0.3, 0.4) is 0 Å². The molecule has 3 heteroatoms. The standard InChI is InChI=1S/C16H21N3/c1-13-5-4-6-16(18-13)17-12-11-14-7-9-15(10-8-14)19(2)3/h4-10H,11-12H2,1-3H3,(H,17,18). The second kappa shape index (κ2) is 6.23. The van der Waals surface area contributed by atoms with Crippen molar-refractivity contribution in [1.82, 2.24) is 4.98 Å². The first kappa shape index (κ1) is 13.4. The van der Waals surface area contributed by atoms with Crippen LogP contribution in [-0.4, -0.2) is 25.6 Å². The van der Waals surface area contributed by atoms with Crippen LogP contribution in [0, 0.1) is 6.92 Å². The van der Waals surface area contributed by atoms with Gasteiger partial charge in [0.25, 0.3) is 0 Å². The normalized spacial score (nSPS) is 10.3. The number of hydrogen-bond acceptors (Lipinski definition) is 3. The highest BCUT2D eigenvalue weighted by atomic mass is 15.1. The van der Waals surface area contributed by atoms with E-state index in [1.54, 1.807) is 0 Å². The fourth-order valence-corrected chi connectivity index (χ4v) is 1.94. The van der Waals surface area contributed by atoms with Crippen LogP contribution in [0.15, 0.2) is 42.5 Å². The molecule has 0 radical (unpaired) electrons. The first-order chi connectivity index (χ1) is 9.15. The van der Waals surface area contributed by atoms with Gasteiger partial charge in [-0.3, -0.25) is 0 Å². The maximum atomic E-state index is 4.42. The third-order valence-electron chi connectivity index (χ3n) is 3.06. The molecule has 0 aliphatic rings. The minimum absolute atomic E-state index is 0.901.